The maximum Gasteiger partial charge on any atom is 0.191 e. The number of ether oxygens (including phenoxy) is 1. The van der Waals surface area contributed by atoms with Crippen LogP contribution in [0.5, 0.6) is 5.75 Å². The van der Waals surface area contributed by atoms with Gasteiger partial charge in [-0.05, 0) is 36.8 Å². The van der Waals surface area contributed by atoms with Crippen LogP contribution in [0.2, 0.25) is 0 Å². The first-order valence-electron chi connectivity index (χ1n) is 7.56. The van der Waals surface area contributed by atoms with E-state index in [4.69, 9.17) is 4.74 Å². The Bertz CT molecular complexity index is 754. The number of hydrogen-bond donors (Lipinski definition) is 0. The van der Waals surface area contributed by atoms with Gasteiger partial charge in [0.2, 0.25) is 0 Å². The third-order valence-corrected chi connectivity index (χ3v) is 4.63. The van der Waals surface area contributed by atoms with Crippen molar-refractivity contribution in [2.24, 2.45) is 0 Å². The van der Waals surface area contributed by atoms with Gasteiger partial charge in [0, 0.05) is 17.9 Å². The molecule has 0 N–H and O–H groups in total. The van der Waals surface area contributed by atoms with E-state index in [1.165, 1.54) is 5.56 Å². The maximum atomic E-state index is 5.21. The highest BCUT2D eigenvalue weighted by molar-refractivity contribution is 7.98. The molecule has 3 rings (SSSR count). The third kappa shape index (κ3) is 3.56. The van der Waals surface area contributed by atoms with Crippen molar-refractivity contribution in [1.29, 1.82) is 0 Å². The summed E-state index contributed by atoms with van der Waals surface area (Å²) in [7, 11) is 1.67. The molecule has 1 aromatic heterocycles. The van der Waals surface area contributed by atoms with Crippen molar-refractivity contribution < 1.29 is 4.74 Å². The Labute approximate surface area is 140 Å². The molecule has 0 fully saturated rings. The summed E-state index contributed by atoms with van der Waals surface area (Å²) in [5, 5.41) is 9.69. The summed E-state index contributed by atoms with van der Waals surface area (Å²) in [5.41, 5.74) is 2.33. The largest absolute Gasteiger partial charge is 0.497 e. The van der Waals surface area contributed by atoms with Crippen LogP contribution in [0.25, 0.3) is 11.4 Å². The molecular formula is C18H19N3OS. The number of aromatic nitrogens is 3. The van der Waals surface area contributed by atoms with Crippen molar-refractivity contribution in [3.8, 4) is 17.1 Å². The average molecular weight is 325 g/mol. The summed E-state index contributed by atoms with van der Waals surface area (Å²) in [6.45, 7) is 2.95. The molecule has 0 aliphatic heterocycles. The van der Waals surface area contributed by atoms with Crippen LogP contribution in [-0.2, 0) is 12.3 Å². The normalized spacial score (nSPS) is 10.7. The lowest BCUT2D eigenvalue weighted by Crippen LogP contribution is -2.00. The van der Waals surface area contributed by atoms with E-state index in [9.17, 15) is 0 Å². The Balaban J connectivity index is 1.81. The quantitative estimate of drug-likeness (QED) is 0.635. The fraction of sp³-hybridized carbons (Fsp3) is 0.222. The van der Waals surface area contributed by atoms with Gasteiger partial charge in [0.25, 0.3) is 0 Å². The molecule has 1 heterocycles. The van der Waals surface area contributed by atoms with Gasteiger partial charge in [0.1, 0.15) is 5.75 Å². The van der Waals surface area contributed by atoms with Crippen molar-refractivity contribution in [3.63, 3.8) is 0 Å². The molecule has 0 aliphatic rings. The molecule has 4 nitrogen and oxygen atoms in total. The Kier molecular flexibility index (Phi) is 4.98. The second-order valence-electron chi connectivity index (χ2n) is 5.05. The minimum Gasteiger partial charge on any atom is -0.497 e. The summed E-state index contributed by atoms with van der Waals surface area (Å²) in [4.78, 5) is 0. The fourth-order valence-electron chi connectivity index (χ4n) is 2.36. The fourth-order valence-corrected chi connectivity index (χ4v) is 3.31. The van der Waals surface area contributed by atoms with Crippen LogP contribution >= 0.6 is 11.8 Å². The number of benzene rings is 2. The first kappa shape index (κ1) is 15.6. The van der Waals surface area contributed by atoms with Crippen molar-refractivity contribution in [1.82, 2.24) is 14.8 Å². The number of nitrogens with zero attached hydrogens (tertiary/aromatic N) is 3. The van der Waals surface area contributed by atoms with E-state index in [1.54, 1.807) is 18.9 Å². The van der Waals surface area contributed by atoms with E-state index in [-0.39, 0.29) is 0 Å². The SMILES string of the molecule is CCn1c(SCc2ccccc2)nnc1-c1ccc(OC)cc1. The highest BCUT2D eigenvalue weighted by Crippen LogP contribution is 2.27. The second kappa shape index (κ2) is 7.33. The van der Waals surface area contributed by atoms with Crippen molar-refractivity contribution in [2.75, 3.05) is 7.11 Å². The Hall–Kier alpha value is -2.27. The first-order valence-corrected chi connectivity index (χ1v) is 8.54. The summed E-state index contributed by atoms with van der Waals surface area (Å²) in [5.74, 6) is 2.63. The lowest BCUT2D eigenvalue weighted by Gasteiger charge is -2.08. The van der Waals surface area contributed by atoms with Crippen LogP contribution in [0.15, 0.2) is 59.8 Å². The molecular weight excluding hydrogens is 306 g/mol. The average Bonchev–Trinajstić information content (AvgIpc) is 3.04. The Morgan fingerprint density at radius 3 is 2.39 bits per heavy atom. The summed E-state index contributed by atoms with van der Waals surface area (Å²) >= 11 is 1.71. The molecule has 118 valence electrons. The predicted octanol–water partition coefficient (Wildman–Crippen LogP) is 4.27. The zero-order valence-corrected chi connectivity index (χ0v) is 14.1. The first-order chi connectivity index (χ1) is 11.3. The molecule has 0 atom stereocenters. The molecule has 0 bridgehead atoms. The number of thioether (sulfide) groups is 1. The van der Waals surface area contributed by atoms with Gasteiger partial charge in [-0.15, -0.1) is 10.2 Å². The molecule has 3 aromatic rings. The zero-order chi connectivity index (χ0) is 16.1. The van der Waals surface area contributed by atoms with E-state index in [0.29, 0.717) is 0 Å². The minimum absolute atomic E-state index is 0.839. The highest BCUT2D eigenvalue weighted by Gasteiger charge is 2.13. The second-order valence-corrected chi connectivity index (χ2v) is 6.00. The van der Waals surface area contributed by atoms with Gasteiger partial charge in [-0.3, -0.25) is 0 Å². The van der Waals surface area contributed by atoms with Crippen LogP contribution in [0.3, 0.4) is 0 Å². The van der Waals surface area contributed by atoms with Crippen molar-refractivity contribution in [2.45, 2.75) is 24.4 Å². The Morgan fingerprint density at radius 1 is 1.00 bits per heavy atom. The van der Waals surface area contributed by atoms with E-state index >= 15 is 0 Å². The molecule has 0 amide bonds. The molecule has 2 aromatic carbocycles. The van der Waals surface area contributed by atoms with Gasteiger partial charge in [-0.1, -0.05) is 42.1 Å². The predicted molar refractivity (Wildman–Crippen MR) is 93.7 cm³/mol. The molecule has 0 saturated heterocycles. The molecule has 0 saturated carbocycles. The third-order valence-electron chi connectivity index (χ3n) is 3.59. The van der Waals surface area contributed by atoms with Crippen LogP contribution in [-0.4, -0.2) is 21.9 Å². The van der Waals surface area contributed by atoms with E-state index in [2.05, 4.69) is 46.0 Å². The van der Waals surface area contributed by atoms with Crippen molar-refractivity contribution in [3.05, 3.63) is 60.2 Å². The molecule has 0 radical (unpaired) electrons. The van der Waals surface area contributed by atoms with Crippen LogP contribution in [0, 0.1) is 0 Å². The monoisotopic (exact) mass is 325 g/mol. The highest BCUT2D eigenvalue weighted by atomic mass is 32.2. The lowest BCUT2D eigenvalue weighted by atomic mass is 10.2. The molecule has 0 spiro atoms. The smallest absolute Gasteiger partial charge is 0.191 e. The van der Waals surface area contributed by atoms with Gasteiger partial charge in [0.15, 0.2) is 11.0 Å². The zero-order valence-electron chi connectivity index (χ0n) is 13.3. The topological polar surface area (TPSA) is 39.9 Å². The summed E-state index contributed by atoms with van der Waals surface area (Å²) in [6, 6.07) is 18.3. The number of rotatable bonds is 6. The molecule has 0 aliphatic carbocycles. The van der Waals surface area contributed by atoms with Gasteiger partial charge >= 0.3 is 0 Å². The summed E-state index contributed by atoms with van der Waals surface area (Å²) in [6.07, 6.45) is 0. The van der Waals surface area contributed by atoms with Crippen LogP contribution < -0.4 is 4.74 Å². The minimum atomic E-state index is 0.839. The standard InChI is InChI=1S/C18H19N3OS/c1-3-21-17(15-9-11-16(22-2)12-10-15)19-20-18(21)23-13-14-7-5-4-6-8-14/h4-12H,3,13H2,1-2H3. The maximum absolute atomic E-state index is 5.21. The van der Waals surface area contributed by atoms with Gasteiger partial charge in [0.05, 0.1) is 7.11 Å². The van der Waals surface area contributed by atoms with Crippen LogP contribution in [0.1, 0.15) is 12.5 Å². The van der Waals surface area contributed by atoms with E-state index in [0.717, 1.165) is 34.6 Å². The number of hydrogen-bond acceptors (Lipinski definition) is 4. The lowest BCUT2D eigenvalue weighted by molar-refractivity contribution is 0.415. The Morgan fingerprint density at radius 2 is 1.74 bits per heavy atom. The van der Waals surface area contributed by atoms with Crippen molar-refractivity contribution >= 4 is 11.8 Å². The molecule has 0 unspecified atom stereocenters. The van der Waals surface area contributed by atoms with Gasteiger partial charge < -0.3 is 9.30 Å². The molecule has 23 heavy (non-hydrogen) atoms. The van der Waals surface area contributed by atoms with E-state index < -0.39 is 0 Å². The van der Waals surface area contributed by atoms with Crippen LogP contribution in [0.4, 0.5) is 0 Å². The van der Waals surface area contributed by atoms with E-state index in [1.807, 2.05) is 30.3 Å². The van der Waals surface area contributed by atoms with Gasteiger partial charge in [-0.25, -0.2) is 0 Å². The van der Waals surface area contributed by atoms with Gasteiger partial charge in [-0.2, -0.15) is 0 Å². The number of methoxy groups -OCH3 is 1. The molecule has 5 heteroatoms. The summed E-state index contributed by atoms with van der Waals surface area (Å²) < 4.78 is 7.36.